The van der Waals surface area contributed by atoms with Gasteiger partial charge in [-0.25, -0.2) is 0 Å². The second-order valence-corrected chi connectivity index (χ2v) is 4.62. The zero-order chi connectivity index (χ0) is 11.9. The molecule has 1 aliphatic carbocycles. The predicted octanol–water partition coefficient (Wildman–Crippen LogP) is 4.40. The van der Waals surface area contributed by atoms with Crippen LogP contribution < -0.4 is 0 Å². The molecule has 0 amide bonds. The first-order chi connectivity index (χ1) is 8.92. The van der Waals surface area contributed by atoms with Crippen LogP contribution >= 0.6 is 0 Å². The Balaban J connectivity index is 1.90. The monoisotopic (exact) mass is 236 g/mol. The molecule has 0 N–H and O–H groups in total. The molecule has 0 unspecified atom stereocenters. The van der Waals surface area contributed by atoms with Crippen molar-refractivity contribution in [2.24, 2.45) is 0 Å². The van der Waals surface area contributed by atoms with Gasteiger partial charge in [0.15, 0.2) is 0 Å². The van der Waals surface area contributed by atoms with Gasteiger partial charge in [-0.2, -0.15) is 0 Å². The zero-order valence-electron chi connectivity index (χ0n) is 9.85. The smallest absolute Gasteiger partial charge is 0.135 e. The van der Waals surface area contributed by atoms with Gasteiger partial charge in [-0.1, -0.05) is 24.3 Å². The molecule has 1 aromatic carbocycles. The fourth-order valence-corrected chi connectivity index (χ4v) is 2.58. The number of fused-ring (bicyclic) bond motifs is 2. The van der Waals surface area contributed by atoms with Gasteiger partial charge < -0.3 is 8.83 Å². The minimum atomic E-state index is 0.929. The number of furan rings is 2. The molecule has 0 spiro atoms. The van der Waals surface area contributed by atoms with E-state index in [1.54, 1.807) is 0 Å². The highest BCUT2D eigenvalue weighted by Crippen LogP contribution is 2.34. The van der Waals surface area contributed by atoms with Crippen molar-refractivity contribution in [3.8, 4) is 0 Å². The van der Waals surface area contributed by atoms with E-state index in [9.17, 15) is 0 Å². The molecule has 18 heavy (non-hydrogen) atoms. The summed E-state index contributed by atoms with van der Waals surface area (Å²) in [6.45, 7) is 0. The van der Waals surface area contributed by atoms with Crippen LogP contribution in [-0.4, -0.2) is 0 Å². The van der Waals surface area contributed by atoms with Crippen molar-refractivity contribution in [1.82, 2.24) is 0 Å². The lowest BCUT2D eigenvalue weighted by Crippen LogP contribution is -1.96. The number of rotatable bonds is 1. The molecule has 3 aromatic rings. The van der Waals surface area contributed by atoms with Gasteiger partial charge in [-0.15, -0.1) is 0 Å². The van der Waals surface area contributed by atoms with E-state index in [1.165, 1.54) is 11.1 Å². The van der Waals surface area contributed by atoms with Crippen molar-refractivity contribution in [3.63, 3.8) is 0 Å². The van der Waals surface area contributed by atoms with Crippen LogP contribution in [0, 0.1) is 0 Å². The maximum atomic E-state index is 5.92. The highest BCUT2D eigenvalue weighted by atomic mass is 16.3. The van der Waals surface area contributed by atoms with Crippen LogP contribution in [0.2, 0.25) is 0 Å². The van der Waals surface area contributed by atoms with E-state index < -0.39 is 0 Å². The summed E-state index contributed by atoms with van der Waals surface area (Å²) in [5.74, 6) is 0.929. The summed E-state index contributed by atoms with van der Waals surface area (Å²) in [6, 6.07) is 10.2. The van der Waals surface area contributed by atoms with E-state index in [2.05, 4.69) is 18.2 Å². The van der Waals surface area contributed by atoms with Gasteiger partial charge in [0, 0.05) is 16.5 Å². The van der Waals surface area contributed by atoms with E-state index in [0.29, 0.717) is 0 Å². The fourth-order valence-electron chi connectivity index (χ4n) is 2.58. The van der Waals surface area contributed by atoms with Gasteiger partial charge in [-0.3, -0.25) is 0 Å². The molecule has 2 nitrogen and oxygen atoms in total. The summed E-state index contributed by atoms with van der Waals surface area (Å²) >= 11 is 0. The molecule has 0 fully saturated rings. The molecular weight excluding hydrogens is 224 g/mol. The van der Waals surface area contributed by atoms with E-state index in [4.69, 9.17) is 8.83 Å². The molecule has 4 rings (SSSR count). The Kier molecular flexibility index (Phi) is 1.97. The Morgan fingerprint density at radius 2 is 2.00 bits per heavy atom. The summed E-state index contributed by atoms with van der Waals surface area (Å²) < 4.78 is 11.2. The zero-order valence-corrected chi connectivity index (χ0v) is 9.85. The van der Waals surface area contributed by atoms with Crippen molar-refractivity contribution >= 4 is 16.5 Å². The Morgan fingerprint density at radius 3 is 2.94 bits per heavy atom. The SMILES string of the molecule is C1=C(c2cc3ccccc3o2)c2cocc2CC1. The van der Waals surface area contributed by atoms with Crippen LogP contribution in [0.25, 0.3) is 16.5 Å². The van der Waals surface area contributed by atoms with Gasteiger partial charge in [-0.05, 0) is 30.5 Å². The van der Waals surface area contributed by atoms with E-state index in [0.717, 1.165) is 35.1 Å². The molecule has 1 aliphatic rings. The summed E-state index contributed by atoms with van der Waals surface area (Å²) in [5, 5.41) is 1.14. The van der Waals surface area contributed by atoms with Crippen LogP contribution in [0.4, 0.5) is 0 Å². The average Bonchev–Trinajstić information content (AvgIpc) is 3.04. The van der Waals surface area contributed by atoms with Crippen LogP contribution in [0.1, 0.15) is 23.3 Å². The van der Waals surface area contributed by atoms with Crippen molar-refractivity contribution in [2.45, 2.75) is 12.8 Å². The maximum absolute atomic E-state index is 5.92. The first-order valence-corrected chi connectivity index (χ1v) is 6.16. The molecule has 0 aliphatic heterocycles. The topological polar surface area (TPSA) is 26.3 Å². The molecule has 0 radical (unpaired) electrons. The average molecular weight is 236 g/mol. The number of hydrogen-bond acceptors (Lipinski definition) is 2. The van der Waals surface area contributed by atoms with Crippen LogP contribution in [0.15, 0.2) is 57.8 Å². The Labute approximate surface area is 105 Å². The summed E-state index contributed by atoms with van der Waals surface area (Å²) in [6.07, 6.45) is 7.97. The number of aryl methyl sites for hydroxylation is 1. The molecule has 0 atom stereocenters. The third kappa shape index (κ3) is 1.35. The molecule has 2 aromatic heterocycles. The van der Waals surface area contributed by atoms with Gasteiger partial charge in [0.25, 0.3) is 0 Å². The van der Waals surface area contributed by atoms with Gasteiger partial charge in [0.2, 0.25) is 0 Å². The standard InChI is InChI=1S/C16H12O2/c1-2-7-15-11(4-1)8-16(18-15)13-6-3-5-12-9-17-10-14(12)13/h1-2,4,6-10H,3,5H2. The summed E-state index contributed by atoms with van der Waals surface area (Å²) in [7, 11) is 0. The Morgan fingerprint density at radius 1 is 1.06 bits per heavy atom. The molecule has 0 saturated carbocycles. The first kappa shape index (κ1) is 9.77. The first-order valence-electron chi connectivity index (χ1n) is 6.16. The lowest BCUT2D eigenvalue weighted by atomic mass is 9.93. The normalized spacial score (nSPS) is 14.6. The number of benzene rings is 1. The third-order valence-corrected chi connectivity index (χ3v) is 3.49. The highest BCUT2D eigenvalue weighted by Gasteiger charge is 2.18. The van der Waals surface area contributed by atoms with Crippen LogP contribution in [-0.2, 0) is 6.42 Å². The second kappa shape index (κ2) is 3.64. The van der Waals surface area contributed by atoms with Crippen molar-refractivity contribution < 1.29 is 8.83 Å². The molecule has 0 bridgehead atoms. The lowest BCUT2D eigenvalue weighted by molar-refractivity contribution is 0.563. The summed E-state index contributed by atoms with van der Waals surface area (Å²) in [5.41, 5.74) is 4.53. The van der Waals surface area contributed by atoms with Gasteiger partial charge >= 0.3 is 0 Å². The van der Waals surface area contributed by atoms with Crippen LogP contribution in [0.3, 0.4) is 0 Å². The molecule has 88 valence electrons. The molecule has 2 heteroatoms. The number of allylic oxidation sites excluding steroid dienone is 1. The van der Waals surface area contributed by atoms with E-state index in [-0.39, 0.29) is 0 Å². The van der Waals surface area contributed by atoms with E-state index in [1.807, 2.05) is 30.7 Å². The van der Waals surface area contributed by atoms with Crippen LogP contribution in [0.5, 0.6) is 0 Å². The van der Waals surface area contributed by atoms with E-state index >= 15 is 0 Å². The lowest BCUT2D eigenvalue weighted by Gasteiger charge is -2.10. The molecule has 0 saturated heterocycles. The van der Waals surface area contributed by atoms with Crippen molar-refractivity contribution in [3.05, 3.63) is 65.8 Å². The predicted molar refractivity (Wildman–Crippen MR) is 70.3 cm³/mol. The van der Waals surface area contributed by atoms with Gasteiger partial charge in [0.1, 0.15) is 11.3 Å². The Hall–Kier alpha value is -2.22. The number of hydrogen-bond donors (Lipinski definition) is 0. The summed E-state index contributed by atoms with van der Waals surface area (Å²) in [4.78, 5) is 0. The van der Waals surface area contributed by atoms with Gasteiger partial charge in [0.05, 0.1) is 12.5 Å². The quantitative estimate of drug-likeness (QED) is 0.625. The Bertz CT molecular complexity index is 710. The maximum Gasteiger partial charge on any atom is 0.135 e. The fraction of sp³-hybridized carbons (Fsp3) is 0.125. The van der Waals surface area contributed by atoms with Crippen molar-refractivity contribution in [2.75, 3.05) is 0 Å². The largest absolute Gasteiger partial charge is 0.472 e. The van der Waals surface area contributed by atoms with Crippen molar-refractivity contribution in [1.29, 1.82) is 0 Å². The molecule has 2 heterocycles. The molecular formula is C16H12O2. The number of para-hydroxylation sites is 1. The highest BCUT2D eigenvalue weighted by molar-refractivity contribution is 5.87. The minimum Gasteiger partial charge on any atom is -0.472 e. The second-order valence-electron chi connectivity index (χ2n) is 4.62. The minimum absolute atomic E-state index is 0.929. The third-order valence-electron chi connectivity index (χ3n) is 3.49.